The Hall–Kier alpha value is -1.09. The van der Waals surface area contributed by atoms with Crippen LogP contribution in [0.5, 0.6) is 0 Å². The molecule has 1 aliphatic heterocycles. The smallest absolute Gasteiger partial charge is 0.0934 e. The van der Waals surface area contributed by atoms with Gasteiger partial charge in [-0.1, -0.05) is 12.1 Å². The molecule has 2 rings (SSSR count). The number of alkyl halides is 1. The summed E-state index contributed by atoms with van der Waals surface area (Å²) in [5.74, 6) is 0. The van der Waals surface area contributed by atoms with Gasteiger partial charge in [0.1, 0.15) is 0 Å². The second kappa shape index (κ2) is 5.12. The van der Waals surface area contributed by atoms with Gasteiger partial charge in [-0.3, -0.25) is 4.39 Å². The van der Waals surface area contributed by atoms with Gasteiger partial charge in [0.25, 0.3) is 0 Å². The van der Waals surface area contributed by atoms with Crippen LogP contribution in [0.2, 0.25) is 0 Å². The number of nitrogens with zero attached hydrogens (tertiary/aromatic N) is 1. The zero-order valence-corrected chi connectivity index (χ0v) is 8.88. The van der Waals surface area contributed by atoms with E-state index in [0.717, 1.165) is 31.7 Å². The number of anilines is 1. The molecule has 3 heteroatoms. The molecule has 1 aliphatic rings. The van der Waals surface area contributed by atoms with E-state index in [9.17, 15) is 4.39 Å². The molecule has 0 radical (unpaired) electrons. The summed E-state index contributed by atoms with van der Waals surface area (Å²) in [7, 11) is 0. The van der Waals surface area contributed by atoms with Crippen LogP contribution in [0.4, 0.5) is 10.1 Å². The third-order valence-corrected chi connectivity index (χ3v) is 2.80. The van der Waals surface area contributed by atoms with E-state index in [1.807, 2.05) is 12.1 Å². The molecular weight excluding hydrogens is 191 g/mol. The lowest BCUT2D eigenvalue weighted by molar-refractivity contribution is 0.495. The fraction of sp³-hybridized carbons (Fsp3) is 0.500. The number of halogens is 1. The Bertz CT molecular complexity index is 291. The first kappa shape index (κ1) is 10.4. The summed E-state index contributed by atoms with van der Waals surface area (Å²) in [4.78, 5) is 2.36. The van der Waals surface area contributed by atoms with Crippen molar-refractivity contribution >= 4 is 5.69 Å². The van der Waals surface area contributed by atoms with Gasteiger partial charge >= 0.3 is 0 Å². The molecule has 0 amide bonds. The molecule has 1 aromatic carbocycles. The van der Waals surface area contributed by atoms with Gasteiger partial charge in [0.15, 0.2) is 0 Å². The van der Waals surface area contributed by atoms with Gasteiger partial charge in [0.2, 0.25) is 0 Å². The molecule has 0 unspecified atom stereocenters. The Morgan fingerprint density at radius 3 is 2.40 bits per heavy atom. The van der Waals surface area contributed by atoms with Crippen molar-refractivity contribution < 1.29 is 4.39 Å². The van der Waals surface area contributed by atoms with Crippen LogP contribution in [0.25, 0.3) is 0 Å². The summed E-state index contributed by atoms with van der Waals surface area (Å²) in [5, 5.41) is 3.32. The summed E-state index contributed by atoms with van der Waals surface area (Å²) >= 11 is 0. The SMILES string of the molecule is FCCc1ccc(N2CCNCC2)cc1. The molecule has 2 nitrogen and oxygen atoms in total. The van der Waals surface area contributed by atoms with Crippen molar-refractivity contribution in [2.45, 2.75) is 6.42 Å². The van der Waals surface area contributed by atoms with Crippen LogP contribution in [-0.4, -0.2) is 32.9 Å². The predicted molar refractivity (Wildman–Crippen MR) is 61.2 cm³/mol. The average Bonchev–Trinajstić information content (AvgIpc) is 2.32. The van der Waals surface area contributed by atoms with Gasteiger partial charge in [0, 0.05) is 38.3 Å². The largest absolute Gasteiger partial charge is 0.369 e. The summed E-state index contributed by atoms with van der Waals surface area (Å²) in [6, 6.07) is 8.24. The van der Waals surface area contributed by atoms with Crippen LogP contribution in [0.3, 0.4) is 0 Å². The van der Waals surface area contributed by atoms with Crippen LogP contribution >= 0.6 is 0 Å². The second-order valence-corrected chi connectivity index (χ2v) is 3.84. The normalized spacial score (nSPS) is 16.7. The Labute approximate surface area is 90.1 Å². The Kier molecular flexibility index (Phi) is 3.56. The number of hydrogen-bond acceptors (Lipinski definition) is 2. The van der Waals surface area contributed by atoms with Crippen LogP contribution in [0.15, 0.2) is 24.3 Å². The molecular formula is C12H17FN2. The molecule has 1 saturated heterocycles. The zero-order valence-electron chi connectivity index (χ0n) is 8.88. The molecule has 1 fully saturated rings. The minimum absolute atomic E-state index is 0.271. The third-order valence-electron chi connectivity index (χ3n) is 2.80. The topological polar surface area (TPSA) is 15.3 Å². The van der Waals surface area contributed by atoms with E-state index in [-0.39, 0.29) is 6.67 Å². The molecule has 0 atom stereocenters. The van der Waals surface area contributed by atoms with E-state index in [1.54, 1.807) is 0 Å². The molecule has 1 heterocycles. The highest BCUT2D eigenvalue weighted by atomic mass is 19.1. The first-order valence-corrected chi connectivity index (χ1v) is 5.51. The van der Waals surface area contributed by atoms with Crippen molar-refractivity contribution in [2.24, 2.45) is 0 Å². The van der Waals surface area contributed by atoms with Crippen LogP contribution in [0, 0.1) is 0 Å². The van der Waals surface area contributed by atoms with Gasteiger partial charge in [-0.05, 0) is 17.7 Å². The first-order chi connectivity index (χ1) is 7.40. The number of aryl methyl sites for hydroxylation is 1. The van der Waals surface area contributed by atoms with Crippen molar-refractivity contribution in [1.82, 2.24) is 5.32 Å². The van der Waals surface area contributed by atoms with E-state index in [0.29, 0.717) is 6.42 Å². The lowest BCUT2D eigenvalue weighted by atomic mass is 10.1. The second-order valence-electron chi connectivity index (χ2n) is 3.84. The number of hydrogen-bond donors (Lipinski definition) is 1. The molecule has 0 spiro atoms. The van der Waals surface area contributed by atoms with E-state index in [2.05, 4.69) is 22.3 Å². The molecule has 0 aliphatic carbocycles. The Morgan fingerprint density at radius 2 is 1.80 bits per heavy atom. The number of piperazine rings is 1. The monoisotopic (exact) mass is 208 g/mol. The fourth-order valence-corrected chi connectivity index (χ4v) is 1.91. The van der Waals surface area contributed by atoms with Crippen molar-refractivity contribution in [3.8, 4) is 0 Å². The van der Waals surface area contributed by atoms with E-state index in [1.165, 1.54) is 5.69 Å². The van der Waals surface area contributed by atoms with Crippen LogP contribution in [-0.2, 0) is 6.42 Å². The minimum atomic E-state index is -0.271. The van der Waals surface area contributed by atoms with Gasteiger partial charge in [-0.25, -0.2) is 0 Å². The highest BCUT2D eigenvalue weighted by molar-refractivity contribution is 5.48. The van der Waals surface area contributed by atoms with Gasteiger partial charge in [0.05, 0.1) is 6.67 Å². The predicted octanol–water partition coefficient (Wildman–Crippen LogP) is 1.61. The van der Waals surface area contributed by atoms with Crippen molar-refractivity contribution in [1.29, 1.82) is 0 Å². The fourth-order valence-electron chi connectivity index (χ4n) is 1.91. The molecule has 15 heavy (non-hydrogen) atoms. The molecule has 82 valence electrons. The lowest BCUT2D eigenvalue weighted by Gasteiger charge is -2.29. The van der Waals surface area contributed by atoms with Gasteiger partial charge in [-0.15, -0.1) is 0 Å². The zero-order chi connectivity index (χ0) is 10.5. The molecule has 1 N–H and O–H groups in total. The lowest BCUT2D eigenvalue weighted by Crippen LogP contribution is -2.43. The maximum Gasteiger partial charge on any atom is 0.0934 e. The van der Waals surface area contributed by atoms with Gasteiger partial charge < -0.3 is 10.2 Å². The van der Waals surface area contributed by atoms with Crippen LogP contribution < -0.4 is 10.2 Å². The quantitative estimate of drug-likeness (QED) is 0.812. The average molecular weight is 208 g/mol. The third kappa shape index (κ3) is 2.69. The molecule has 0 bridgehead atoms. The summed E-state index contributed by atoms with van der Waals surface area (Å²) in [6.45, 7) is 3.94. The first-order valence-electron chi connectivity index (χ1n) is 5.51. The standard InChI is InChI=1S/C12H17FN2/c13-6-5-11-1-3-12(4-2-11)15-9-7-14-8-10-15/h1-4,14H,5-10H2. The number of nitrogens with one attached hydrogen (secondary N) is 1. The number of rotatable bonds is 3. The van der Waals surface area contributed by atoms with Gasteiger partial charge in [-0.2, -0.15) is 0 Å². The highest BCUT2D eigenvalue weighted by Gasteiger charge is 2.09. The van der Waals surface area contributed by atoms with Crippen LogP contribution in [0.1, 0.15) is 5.56 Å². The number of benzene rings is 1. The molecule has 0 saturated carbocycles. The molecule has 0 aromatic heterocycles. The van der Waals surface area contributed by atoms with Crippen molar-refractivity contribution in [3.63, 3.8) is 0 Å². The van der Waals surface area contributed by atoms with Crippen molar-refractivity contribution in [3.05, 3.63) is 29.8 Å². The maximum atomic E-state index is 12.1. The Morgan fingerprint density at radius 1 is 1.13 bits per heavy atom. The minimum Gasteiger partial charge on any atom is -0.369 e. The van der Waals surface area contributed by atoms with E-state index >= 15 is 0 Å². The summed E-state index contributed by atoms with van der Waals surface area (Å²) in [6.07, 6.45) is 0.530. The summed E-state index contributed by atoms with van der Waals surface area (Å²) < 4.78 is 12.1. The van der Waals surface area contributed by atoms with E-state index in [4.69, 9.17) is 0 Å². The highest BCUT2D eigenvalue weighted by Crippen LogP contribution is 2.15. The maximum absolute atomic E-state index is 12.1. The van der Waals surface area contributed by atoms with E-state index < -0.39 is 0 Å². The molecule has 1 aromatic rings. The Balaban J connectivity index is 2.02. The summed E-state index contributed by atoms with van der Waals surface area (Å²) in [5.41, 5.74) is 2.33. The van der Waals surface area contributed by atoms with Crippen molar-refractivity contribution in [2.75, 3.05) is 37.8 Å².